The summed E-state index contributed by atoms with van der Waals surface area (Å²) in [6.45, 7) is 12.0. The Morgan fingerprint density at radius 1 is 1.12 bits per heavy atom. The fourth-order valence-corrected chi connectivity index (χ4v) is 3.05. The van der Waals surface area contributed by atoms with Crippen LogP contribution in [0.5, 0.6) is 0 Å². The summed E-state index contributed by atoms with van der Waals surface area (Å²) in [4.78, 5) is 11.6. The molecular weight excluding hydrogens is 308 g/mol. The van der Waals surface area contributed by atoms with Crippen LogP contribution in [0.4, 0.5) is 17.3 Å². The average Bonchev–Trinajstić information content (AvgIpc) is 2.68. The second-order valence-corrected chi connectivity index (χ2v) is 6.49. The van der Waals surface area contributed by atoms with E-state index in [-0.39, 0.29) is 0 Å². The second kappa shape index (κ2) is 7.97. The van der Waals surface area contributed by atoms with E-state index in [0.717, 1.165) is 36.1 Å². The molecule has 1 aromatic heterocycles. The van der Waals surface area contributed by atoms with Crippen LogP contribution in [0.15, 0.2) is 49.7 Å². The molecule has 1 saturated heterocycles. The lowest BCUT2D eigenvalue weighted by Crippen LogP contribution is -2.30. The van der Waals surface area contributed by atoms with Gasteiger partial charge in [0.25, 0.3) is 0 Å². The first-order valence-corrected chi connectivity index (χ1v) is 8.95. The van der Waals surface area contributed by atoms with Crippen molar-refractivity contribution in [3.8, 4) is 0 Å². The van der Waals surface area contributed by atoms with Gasteiger partial charge in [0.15, 0.2) is 5.82 Å². The number of nitrogens with zero attached hydrogens (tertiary/aromatic N) is 3. The van der Waals surface area contributed by atoms with Crippen LogP contribution in [-0.2, 0) is 0 Å². The van der Waals surface area contributed by atoms with Gasteiger partial charge in [-0.05, 0) is 49.0 Å². The van der Waals surface area contributed by atoms with Crippen LogP contribution in [0, 0.1) is 0 Å². The van der Waals surface area contributed by atoms with Crippen molar-refractivity contribution in [2.75, 3.05) is 23.3 Å². The molecule has 0 bridgehead atoms. The largest absolute Gasteiger partial charge is 0.355 e. The van der Waals surface area contributed by atoms with Gasteiger partial charge in [-0.3, -0.25) is 0 Å². The number of rotatable bonds is 6. The lowest BCUT2D eigenvalue weighted by atomic mass is 10.0. The third-order valence-electron chi connectivity index (χ3n) is 4.71. The fourth-order valence-electron chi connectivity index (χ4n) is 3.05. The van der Waals surface area contributed by atoms with Crippen LogP contribution < -0.4 is 10.2 Å². The fraction of sp³-hybridized carbons (Fsp3) is 0.333. The summed E-state index contributed by atoms with van der Waals surface area (Å²) in [6, 6.07) is 8.36. The lowest BCUT2D eigenvalue weighted by Gasteiger charge is -2.27. The molecule has 1 fully saturated rings. The van der Waals surface area contributed by atoms with Gasteiger partial charge >= 0.3 is 0 Å². The molecule has 1 aliphatic heterocycles. The van der Waals surface area contributed by atoms with Crippen molar-refractivity contribution in [3.63, 3.8) is 0 Å². The molecule has 2 heterocycles. The summed E-state index contributed by atoms with van der Waals surface area (Å²) in [6.07, 6.45) is 9.28. The number of piperidine rings is 1. The molecule has 0 spiro atoms. The number of aromatic nitrogens is 2. The van der Waals surface area contributed by atoms with Gasteiger partial charge in [-0.1, -0.05) is 31.7 Å². The molecule has 2 aromatic rings. The first-order valence-electron chi connectivity index (χ1n) is 8.95. The zero-order chi connectivity index (χ0) is 17.6. The van der Waals surface area contributed by atoms with Gasteiger partial charge < -0.3 is 10.2 Å². The number of hydrogen-bond donors (Lipinski definition) is 1. The number of allylic oxidation sites excluding steroid dienone is 1. The lowest BCUT2D eigenvalue weighted by molar-refractivity contribution is 0.573. The van der Waals surface area contributed by atoms with Gasteiger partial charge in [-0.2, -0.15) is 0 Å². The van der Waals surface area contributed by atoms with Crippen LogP contribution in [0.3, 0.4) is 0 Å². The number of benzene rings is 1. The van der Waals surface area contributed by atoms with Gasteiger partial charge in [-0.15, -0.1) is 6.58 Å². The van der Waals surface area contributed by atoms with Crippen LogP contribution >= 0.6 is 0 Å². The SMILES string of the molecule is C=Cc1ncc(N2CCCCC2)nc1Nc1ccc(C(C)C=C)cc1. The Labute approximate surface area is 150 Å². The Balaban J connectivity index is 1.82. The zero-order valence-electron chi connectivity index (χ0n) is 14.9. The van der Waals surface area contributed by atoms with E-state index in [0.29, 0.717) is 5.92 Å². The highest BCUT2D eigenvalue weighted by Gasteiger charge is 2.14. The summed E-state index contributed by atoms with van der Waals surface area (Å²) < 4.78 is 0. The van der Waals surface area contributed by atoms with Gasteiger partial charge in [0.05, 0.1) is 6.20 Å². The van der Waals surface area contributed by atoms with E-state index in [1.807, 2.05) is 12.3 Å². The second-order valence-electron chi connectivity index (χ2n) is 6.49. The molecule has 0 amide bonds. The summed E-state index contributed by atoms with van der Waals surface area (Å²) in [7, 11) is 0. The van der Waals surface area contributed by atoms with Crippen LogP contribution in [0.2, 0.25) is 0 Å². The molecule has 1 aromatic carbocycles. The van der Waals surface area contributed by atoms with Crippen molar-refractivity contribution in [2.45, 2.75) is 32.1 Å². The Morgan fingerprint density at radius 3 is 2.48 bits per heavy atom. The van der Waals surface area contributed by atoms with E-state index >= 15 is 0 Å². The summed E-state index contributed by atoms with van der Waals surface area (Å²) in [5, 5.41) is 3.39. The van der Waals surface area contributed by atoms with Crippen molar-refractivity contribution < 1.29 is 0 Å². The van der Waals surface area contributed by atoms with E-state index in [2.05, 4.69) is 59.5 Å². The number of anilines is 3. The molecule has 4 nitrogen and oxygen atoms in total. The summed E-state index contributed by atoms with van der Waals surface area (Å²) in [5.74, 6) is 2.03. The van der Waals surface area contributed by atoms with Crippen molar-refractivity contribution in [3.05, 3.63) is 61.0 Å². The van der Waals surface area contributed by atoms with Gasteiger partial charge in [-0.25, -0.2) is 9.97 Å². The maximum absolute atomic E-state index is 4.80. The Kier molecular flexibility index (Phi) is 5.49. The van der Waals surface area contributed by atoms with Crippen molar-refractivity contribution in [2.24, 2.45) is 0 Å². The standard InChI is InChI=1S/C21H26N4/c1-4-16(3)17-9-11-18(12-10-17)23-21-19(5-2)22-15-20(24-21)25-13-7-6-8-14-25/h4-5,9-12,15-16H,1-2,6-8,13-14H2,3H3,(H,23,24). The molecular formula is C21H26N4. The van der Waals surface area contributed by atoms with Crippen LogP contribution in [0.25, 0.3) is 6.08 Å². The molecule has 130 valence electrons. The highest BCUT2D eigenvalue weighted by molar-refractivity contribution is 5.67. The van der Waals surface area contributed by atoms with E-state index in [4.69, 9.17) is 4.98 Å². The number of nitrogens with one attached hydrogen (secondary N) is 1. The minimum Gasteiger partial charge on any atom is -0.355 e. The first-order chi connectivity index (χ1) is 12.2. The third kappa shape index (κ3) is 4.08. The molecule has 1 atom stereocenters. The Hall–Kier alpha value is -2.62. The highest BCUT2D eigenvalue weighted by atomic mass is 15.2. The maximum atomic E-state index is 4.80. The molecule has 0 aliphatic carbocycles. The zero-order valence-corrected chi connectivity index (χ0v) is 14.9. The normalized spacial score (nSPS) is 15.5. The minimum absolute atomic E-state index is 0.347. The Morgan fingerprint density at radius 2 is 1.84 bits per heavy atom. The predicted octanol–water partition coefficient (Wildman–Crippen LogP) is 5.14. The van der Waals surface area contributed by atoms with Gasteiger partial charge in [0.1, 0.15) is 11.5 Å². The third-order valence-corrected chi connectivity index (χ3v) is 4.71. The van der Waals surface area contributed by atoms with E-state index < -0.39 is 0 Å². The monoisotopic (exact) mass is 334 g/mol. The van der Waals surface area contributed by atoms with Crippen LogP contribution in [0.1, 0.15) is 43.4 Å². The Bertz CT molecular complexity index is 730. The van der Waals surface area contributed by atoms with Crippen molar-refractivity contribution in [1.29, 1.82) is 0 Å². The molecule has 0 saturated carbocycles. The maximum Gasteiger partial charge on any atom is 0.158 e. The molecule has 1 unspecified atom stereocenters. The summed E-state index contributed by atoms with van der Waals surface area (Å²) >= 11 is 0. The van der Waals surface area contributed by atoms with Crippen molar-refractivity contribution >= 4 is 23.4 Å². The molecule has 1 aliphatic rings. The van der Waals surface area contributed by atoms with Crippen LogP contribution in [-0.4, -0.2) is 23.1 Å². The topological polar surface area (TPSA) is 41.1 Å². The average molecular weight is 334 g/mol. The van der Waals surface area contributed by atoms with Gasteiger partial charge in [0, 0.05) is 18.8 Å². The minimum atomic E-state index is 0.347. The first kappa shape index (κ1) is 17.2. The predicted molar refractivity (Wildman–Crippen MR) is 107 cm³/mol. The molecule has 1 N–H and O–H groups in total. The summed E-state index contributed by atoms with van der Waals surface area (Å²) in [5.41, 5.74) is 3.01. The molecule has 0 radical (unpaired) electrons. The van der Waals surface area contributed by atoms with Gasteiger partial charge in [0.2, 0.25) is 0 Å². The molecule has 3 rings (SSSR count). The van der Waals surface area contributed by atoms with Crippen molar-refractivity contribution in [1.82, 2.24) is 9.97 Å². The number of hydrogen-bond acceptors (Lipinski definition) is 4. The smallest absolute Gasteiger partial charge is 0.158 e. The van der Waals surface area contributed by atoms with E-state index in [1.165, 1.54) is 24.8 Å². The van der Waals surface area contributed by atoms with E-state index in [1.54, 1.807) is 6.08 Å². The molecule has 4 heteroatoms. The molecule has 25 heavy (non-hydrogen) atoms. The highest BCUT2D eigenvalue weighted by Crippen LogP contribution is 2.25. The van der Waals surface area contributed by atoms with E-state index in [9.17, 15) is 0 Å². The quantitative estimate of drug-likeness (QED) is 0.742.